The van der Waals surface area contributed by atoms with Crippen molar-refractivity contribution < 1.29 is 18.6 Å². The fraction of sp³-hybridized carbons (Fsp3) is 0.500. The first-order valence-corrected chi connectivity index (χ1v) is 9.53. The molecule has 0 spiro atoms. The molecular formula is C24H40V. The van der Waals surface area contributed by atoms with Gasteiger partial charge in [-0.2, -0.15) is 0 Å². The number of benzene rings is 2. The second-order valence-corrected chi connectivity index (χ2v) is 5.02. The minimum absolute atomic E-state index is 0. The van der Waals surface area contributed by atoms with Crippen LogP contribution >= 0.6 is 0 Å². The Morgan fingerprint density at radius 1 is 0.560 bits per heavy atom. The summed E-state index contributed by atoms with van der Waals surface area (Å²) in [6, 6.07) is 22.0. The van der Waals surface area contributed by atoms with Crippen LogP contribution in [0.4, 0.5) is 0 Å². The van der Waals surface area contributed by atoms with Gasteiger partial charge in [-0.05, 0) is 24.0 Å². The second-order valence-electron chi connectivity index (χ2n) is 5.02. The van der Waals surface area contributed by atoms with Gasteiger partial charge in [-0.15, -0.1) is 0 Å². The van der Waals surface area contributed by atoms with Crippen molar-refractivity contribution in [1.82, 2.24) is 0 Å². The largest absolute Gasteiger partial charge is 0.0776 e. The Morgan fingerprint density at radius 2 is 0.840 bits per heavy atom. The molecular weight excluding hydrogens is 339 g/mol. The molecule has 0 heterocycles. The summed E-state index contributed by atoms with van der Waals surface area (Å²) >= 11 is 0. The van der Waals surface area contributed by atoms with Gasteiger partial charge in [0.05, 0.1) is 0 Å². The van der Waals surface area contributed by atoms with Crippen molar-refractivity contribution in [1.29, 1.82) is 0 Å². The van der Waals surface area contributed by atoms with Crippen molar-refractivity contribution in [2.45, 2.75) is 80.1 Å². The molecule has 0 N–H and O–H groups in total. The molecule has 0 nitrogen and oxygen atoms in total. The van der Waals surface area contributed by atoms with E-state index in [-0.39, 0.29) is 31.4 Å². The van der Waals surface area contributed by atoms with Gasteiger partial charge in [-0.3, -0.25) is 0 Å². The number of hydrogen-bond acceptors (Lipinski definition) is 0. The van der Waals surface area contributed by atoms with Gasteiger partial charge in [0.2, 0.25) is 0 Å². The first-order chi connectivity index (χ1) is 11.4. The van der Waals surface area contributed by atoms with Gasteiger partial charge in [-0.1, -0.05) is 122 Å². The van der Waals surface area contributed by atoms with Crippen molar-refractivity contribution in [2.24, 2.45) is 0 Å². The molecule has 2 aromatic carbocycles. The molecule has 1 heteroatoms. The molecule has 0 amide bonds. The Morgan fingerprint density at radius 3 is 1.12 bits per heavy atom. The SMILES string of the molecule is C.CC.CC.CC.[V].c1ccc(C2(c3ccccc3)CCCC2)cc1. The van der Waals surface area contributed by atoms with Crippen LogP contribution in [0.2, 0.25) is 0 Å². The Balaban J connectivity index is -0.000000551. The zero-order valence-corrected chi connectivity index (χ0v) is 17.9. The maximum Gasteiger partial charge on any atom is 0.0202 e. The van der Waals surface area contributed by atoms with E-state index in [2.05, 4.69) is 60.7 Å². The summed E-state index contributed by atoms with van der Waals surface area (Å²) in [5, 5.41) is 0. The topological polar surface area (TPSA) is 0 Å². The molecule has 141 valence electrons. The van der Waals surface area contributed by atoms with E-state index in [0.717, 1.165) is 0 Å². The Labute approximate surface area is 170 Å². The first kappa shape index (κ1) is 28.8. The molecule has 0 aliphatic heterocycles. The Kier molecular flexibility index (Phi) is 20.6. The van der Waals surface area contributed by atoms with Gasteiger partial charge in [-0.25, -0.2) is 0 Å². The van der Waals surface area contributed by atoms with Gasteiger partial charge in [0.1, 0.15) is 0 Å². The molecule has 2 aromatic rings. The van der Waals surface area contributed by atoms with E-state index in [0.29, 0.717) is 0 Å². The molecule has 3 rings (SSSR count). The molecule has 1 aliphatic rings. The average Bonchev–Trinajstić information content (AvgIpc) is 3.19. The van der Waals surface area contributed by atoms with E-state index in [1.807, 2.05) is 41.5 Å². The van der Waals surface area contributed by atoms with Crippen LogP contribution < -0.4 is 0 Å². The monoisotopic (exact) mass is 379 g/mol. The average molecular weight is 380 g/mol. The van der Waals surface area contributed by atoms with E-state index in [9.17, 15) is 0 Å². The summed E-state index contributed by atoms with van der Waals surface area (Å²) in [7, 11) is 0. The van der Waals surface area contributed by atoms with Crippen molar-refractivity contribution in [3.05, 3.63) is 71.8 Å². The minimum Gasteiger partial charge on any atom is -0.0776 e. The van der Waals surface area contributed by atoms with Crippen LogP contribution in [0.1, 0.15) is 85.8 Å². The van der Waals surface area contributed by atoms with Gasteiger partial charge < -0.3 is 0 Å². The van der Waals surface area contributed by atoms with Crippen molar-refractivity contribution in [3.8, 4) is 0 Å². The Hall–Kier alpha value is -0.976. The van der Waals surface area contributed by atoms with Crippen LogP contribution in [0.15, 0.2) is 60.7 Å². The van der Waals surface area contributed by atoms with E-state index in [1.165, 1.54) is 36.8 Å². The predicted molar refractivity (Wildman–Crippen MR) is 113 cm³/mol. The maximum atomic E-state index is 2.29. The van der Waals surface area contributed by atoms with E-state index >= 15 is 0 Å². The molecule has 0 atom stereocenters. The predicted octanol–water partition coefficient (Wildman–Crippen LogP) is 8.26. The van der Waals surface area contributed by atoms with Crippen LogP contribution in [-0.4, -0.2) is 0 Å². The van der Waals surface area contributed by atoms with Crippen molar-refractivity contribution in [2.75, 3.05) is 0 Å². The molecule has 0 saturated heterocycles. The third-order valence-electron chi connectivity index (χ3n) is 4.11. The van der Waals surface area contributed by atoms with Crippen molar-refractivity contribution in [3.63, 3.8) is 0 Å². The van der Waals surface area contributed by atoms with E-state index in [4.69, 9.17) is 0 Å². The summed E-state index contributed by atoms with van der Waals surface area (Å²) < 4.78 is 0. The molecule has 0 unspecified atom stereocenters. The standard InChI is InChI=1S/C17H18.3C2H6.CH4.V/c1-3-9-15(10-4-1)17(13-7-8-14-17)16-11-5-2-6-12-16;3*1-2;;/h1-6,9-12H,7-8,13-14H2;3*1-2H3;1H4;. The van der Waals surface area contributed by atoms with Crippen LogP contribution in [0, 0.1) is 0 Å². The minimum atomic E-state index is 0. The van der Waals surface area contributed by atoms with Gasteiger partial charge in [0, 0.05) is 24.0 Å². The summed E-state index contributed by atoms with van der Waals surface area (Å²) in [5.74, 6) is 0. The van der Waals surface area contributed by atoms with Crippen LogP contribution in [-0.2, 0) is 24.0 Å². The summed E-state index contributed by atoms with van der Waals surface area (Å²) in [4.78, 5) is 0. The summed E-state index contributed by atoms with van der Waals surface area (Å²) in [6.45, 7) is 12.0. The number of hydrogen-bond donors (Lipinski definition) is 0. The quantitative estimate of drug-likeness (QED) is 0.492. The summed E-state index contributed by atoms with van der Waals surface area (Å²) in [6.07, 6.45) is 5.29. The number of rotatable bonds is 2. The fourth-order valence-corrected chi connectivity index (χ4v) is 3.24. The summed E-state index contributed by atoms with van der Waals surface area (Å²) in [5.41, 5.74) is 3.26. The normalized spacial score (nSPS) is 13.0. The second kappa shape index (κ2) is 17.8. The Bertz CT molecular complexity index is 428. The third kappa shape index (κ3) is 7.84. The van der Waals surface area contributed by atoms with Crippen molar-refractivity contribution >= 4 is 0 Å². The van der Waals surface area contributed by atoms with E-state index < -0.39 is 0 Å². The smallest absolute Gasteiger partial charge is 0.0202 e. The van der Waals surface area contributed by atoms with Gasteiger partial charge in [0.15, 0.2) is 0 Å². The van der Waals surface area contributed by atoms with Crippen LogP contribution in [0.5, 0.6) is 0 Å². The molecule has 1 fully saturated rings. The molecule has 1 aliphatic carbocycles. The molecule has 0 bridgehead atoms. The first-order valence-electron chi connectivity index (χ1n) is 9.53. The molecule has 1 radical (unpaired) electrons. The zero-order chi connectivity index (χ0) is 17.6. The molecule has 1 saturated carbocycles. The zero-order valence-electron chi connectivity index (χ0n) is 16.5. The van der Waals surface area contributed by atoms with Crippen LogP contribution in [0.25, 0.3) is 0 Å². The van der Waals surface area contributed by atoms with Crippen LogP contribution in [0.3, 0.4) is 0 Å². The fourth-order valence-electron chi connectivity index (χ4n) is 3.24. The maximum absolute atomic E-state index is 2.29. The molecule has 0 aromatic heterocycles. The third-order valence-corrected chi connectivity index (χ3v) is 4.11. The van der Waals surface area contributed by atoms with Gasteiger partial charge >= 0.3 is 0 Å². The molecule has 25 heavy (non-hydrogen) atoms. The van der Waals surface area contributed by atoms with E-state index in [1.54, 1.807) is 0 Å². The van der Waals surface area contributed by atoms with Gasteiger partial charge in [0.25, 0.3) is 0 Å².